The molecule has 3 aromatic rings. The smallest absolute Gasteiger partial charge is 0.127 e. The number of benzene rings is 2. The second-order valence-corrected chi connectivity index (χ2v) is 7.16. The summed E-state index contributed by atoms with van der Waals surface area (Å²) in [5.74, 6) is 0.911. The predicted octanol–water partition coefficient (Wildman–Crippen LogP) is 5.19. The number of halogens is 1. The van der Waals surface area contributed by atoms with E-state index in [2.05, 4.69) is 22.4 Å². The fourth-order valence-electron chi connectivity index (χ4n) is 2.59. The largest absolute Gasteiger partial charge is 0.493 e. The SMILES string of the molecule is CCOc1ccccc1-c1cnc(CNCCc2cccc(Cl)c2)s1. The first-order valence-electron chi connectivity index (χ1n) is 8.38. The molecule has 0 saturated heterocycles. The third kappa shape index (κ3) is 5.05. The van der Waals surface area contributed by atoms with E-state index < -0.39 is 0 Å². The Morgan fingerprint density at radius 1 is 1.16 bits per heavy atom. The summed E-state index contributed by atoms with van der Waals surface area (Å²) in [5, 5.41) is 5.31. The molecule has 130 valence electrons. The zero-order valence-electron chi connectivity index (χ0n) is 14.2. The summed E-state index contributed by atoms with van der Waals surface area (Å²) in [5.41, 5.74) is 2.34. The van der Waals surface area contributed by atoms with Crippen LogP contribution in [0.2, 0.25) is 5.02 Å². The molecule has 0 amide bonds. The Kier molecular flexibility index (Phi) is 6.45. The monoisotopic (exact) mass is 372 g/mol. The van der Waals surface area contributed by atoms with E-state index in [-0.39, 0.29) is 0 Å². The standard InChI is InChI=1S/C20H21ClN2OS/c1-2-24-18-9-4-3-8-17(18)19-13-23-20(25-19)14-22-11-10-15-6-5-7-16(21)12-15/h3-9,12-13,22H,2,10-11,14H2,1H3. The molecule has 0 atom stereocenters. The first kappa shape index (κ1) is 17.9. The van der Waals surface area contributed by atoms with E-state index in [1.807, 2.05) is 49.5 Å². The molecule has 1 N–H and O–H groups in total. The highest BCUT2D eigenvalue weighted by atomic mass is 35.5. The van der Waals surface area contributed by atoms with E-state index in [0.29, 0.717) is 6.61 Å². The van der Waals surface area contributed by atoms with Crippen LogP contribution in [0.3, 0.4) is 0 Å². The summed E-state index contributed by atoms with van der Waals surface area (Å²) in [6.07, 6.45) is 2.88. The molecule has 0 aliphatic heterocycles. The molecule has 25 heavy (non-hydrogen) atoms. The van der Waals surface area contributed by atoms with E-state index in [1.54, 1.807) is 11.3 Å². The van der Waals surface area contributed by atoms with Crippen LogP contribution in [0.4, 0.5) is 0 Å². The Balaban J connectivity index is 1.55. The van der Waals surface area contributed by atoms with Crippen molar-refractivity contribution in [3.8, 4) is 16.2 Å². The minimum Gasteiger partial charge on any atom is -0.493 e. The minimum atomic E-state index is 0.660. The molecule has 0 aliphatic carbocycles. The highest BCUT2D eigenvalue weighted by Crippen LogP contribution is 2.33. The predicted molar refractivity (Wildman–Crippen MR) is 106 cm³/mol. The van der Waals surface area contributed by atoms with Gasteiger partial charge in [0.25, 0.3) is 0 Å². The van der Waals surface area contributed by atoms with Crippen LogP contribution in [0.5, 0.6) is 5.75 Å². The maximum Gasteiger partial charge on any atom is 0.127 e. The molecule has 0 radical (unpaired) electrons. The van der Waals surface area contributed by atoms with Gasteiger partial charge >= 0.3 is 0 Å². The lowest BCUT2D eigenvalue weighted by Gasteiger charge is -2.07. The average molecular weight is 373 g/mol. The van der Waals surface area contributed by atoms with Crippen molar-refractivity contribution in [2.75, 3.05) is 13.2 Å². The molecule has 0 unspecified atom stereocenters. The summed E-state index contributed by atoms with van der Waals surface area (Å²) in [6, 6.07) is 16.1. The van der Waals surface area contributed by atoms with Crippen molar-refractivity contribution < 1.29 is 4.74 Å². The number of nitrogens with zero attached hydrogens (tertiary/aromatic N) is 1. The van der Waals surface area contributed by atoms with Gasteiger partial charge in [-0.15, -0.1) is 11.3 Å². The van der Waals surface area contributed by atoms with Crippen LogP contribution >= 0.6 is 22.9 Å². The van der Waals surface area contributed by atoms with Gasteiger partial charge in [0.2, 0.25) is 0 Å². The summed E-state index contributed by atoms with van der Waals surface area (Å²) in [7, 11) is 0. The Morgan fingerprint density at radius 3 is 2.88 bits per heavy atom. The zero-order valence-corrected chi connectivity index (χ0v) is 15.7. The lowest BCUT2D eigenvalue weighted by atomic mass is 10.1. The molecule has 0 spiro atoms. The fraction of sp³-hybridized carbons (Fsp3) is 0.250. The molecule has 2 aromatic carbocycles. The number of hydrogen-bond acceptors (Lipinski definition) is 4. The summed E-state index contributed by atoms with van der Waals surface area (Å²) < 4.78 is 5.71. The topological polar surface area (TPSA) is 34.1 Å². The normalized spacial score (nSPS) is 10.8. The lowest BCUT2D eigenvalue weighted by molar-refractivity contribution is 0.341. The number of para-hydroxylation sites is 1. The van der Waals surface area contributed by atoms with Crippen molar-refractivity contribution in [1.29, 1.82) is 0 Å². The van der Waals surface area contributed by atoms with Gasteiger partial charge in [0.1, 0.15) is 10.8 Å². The van der Waals surface area contributed by atoms with E-state index >= 15 is 0 Å². The molecule has 3 nitrogen and oxygen atoms in total. The molecule has 0 saturated carbocycles. The van der Waals surface area contributed by atoms with E-state index in [1.165, 1.54) is 5.56 Å². The van der Waals surface area contributed by atoms with Crippen molar-refractivity contribution in [3.63, 3.8) is 0 Å². The van der Waals surface area contributed by atoms with Crippen LogP contribution in [0.25, 0.3) is 10.4 Å². The summed E-state index contributed by atoms with van der Waals surface area (Å²) in [6.45, 7) is 4.32. The second-order valence-electron chi connectivity index (χ2n) is 5.60. The van der Waals surface area contributed by atoms with E-state index in [4.69, 9.17) is 16.3 Å². The first-order valence-corrected chi connectivity index (χ1v) is 9.58. The first-order chi connectivity index (χ1) is 12.3. The van der Waals surface area contributed by atoms with Crippen LogP contribution in [0, 0.1) is 0 Å². The Morgan fingerprint density at radius 2 is 2.04 bits per heavy atom. The number of rotatable bonds is 8. The van der Waals surface area contributed by atoms with Gasteiger partial charge in [-0.1, -0.05) is 35.9 Å². The van der Waals surface area contributed by atoms with Crippen LogP contribution < -0.4 is 10.1 Å². The number of ether oxygens (including phenoxy) is 1. The minimum absolute atomic E-state index is 0.660. The fourth-order valence-corrected chi connectivity index (χ4v) is 3.72. The van der Waals surface area contributed by atoms with Gasteiger partial charge in [-0.2, -0.15) is 0 Å². The molecular formula is C20H21ClN2OS. The molecule has 0 bridgehead atoms. The molecule has 1 heterocycles. The van der Waals surface area contributed by atoms with Crippen LogP contribution in [0.1, 0.15) is 17.5 Å². The molecule has 1 aromatic heterocycles. The highest BCUT2D eigenvalue weighted by Gasteiger charge is 2.09. The Hall–Kier alpha value is -1.88. The van der Waals surface area contributed by atoms with Crippen molar-refractivity contribution in [2.45, 2.75) is 19.9 Å². The highest BCUT2D eigenvalue weighted by molar-refractivity contribution is 7.15. The Labute approximate surface area is 157 Å². The van der Waals surface area contributed by atoms with Crippen LogP contribution in [-0.4, -0.2) is 18.1 Å². The maximum absolute atomic E-state index is 6.01. The summed E-state index contributed by atoms with van der Waals surface area (Å²) >= 11 is 7.71. The van der Waals surface area contributed by atoms with E-state index in [0.717, 1.165) is 45.7 Å². The molecule has 5 heteroatoms. The number of nitrogens with one attached hydrogen (secondary N) is 1. The zero-order chi connectivity index (χ0) is 17.5. The van der Waals surface area contributed by atoms with Gasteiger partial charge < -0.3 is 10.1 Å². The van der Waals surface area contributed by atoms with Gasteiger partial charge in [-0.25, -0.2) is 4.98 Å². The number of hydrogen-bond donors (Lipinski definition) is 1. The van der Waals surface area contributed by atoms with Gasteiger partial charge in [0, 0.05) is 23.3 Å². The maximum atomic E-state index is 6.01. The van der Waals surface area contributed by atoms with Crippen LogP contribution in [-0.2, 0) is 13.0 Å². The van der Waals surface area contributed by atoms with Crippen molar-refractivity contribution in [1.82, 2.24) is 10.3 Å². The van der Waals surface area contributed by atoms with Crippen molar-refractivity contribution in [2.24, 2.45) is 0 Å². The van der Waals surface area contributed by atoms with E-state index in [9.17, 15) is 0 Å². The van der Waals surface area contributed by atoms with Crippen LogP contribution in [0.15, 0.2) is 54.7 Å². The molecule has 3 rings (SSSR count). The lowest BCUT2D eigenvalue weighted by Crippen LogP contribution is -2.16. The third-order valence-electron chi connectivity index (χ3n) is 3.76. The summed E-state index contributed by atoms with van der Waals surface area (Å²) in [4.78, 5) is 5.67. The van der Waals surface area contributed by atoms with Crippen molar-refractivity contribution >= 4 is 22.9 Å². The molecule has 0 aliphatic rings. The third-order valence-corrected chi connectivity index (χ3v) is 5.03. The van der Waals surface area contributed by atoms with Gasteiger partial charge in [0.05, 0.1) is 11.5 Å². The number of thiazole rings is 1. The second kappa shape index (κ2) is 8.99. The number of aromatic nitrogens is 1. The quantitative estimate of drug-likeness (QED) is 0.552. The van der Waals surface area contributed by atoms with Gasteiger partial charge in [-0.3, -0.25) is 0 Å². The molecular weight excluding hydrogens is 352 g/mol. The molecule has 0 fully saturated rings. The van der Waals surface area contributed by atoms with Gasteiger partial charge in [0.15, 0.2) is 0 Å². The van der Waals surface area contributed by atoms with Gasteiger partial charge in [-0.05, 0) is 49.7 Å². The Bertz CT molecular complexity index is 819. The average Bonchev–Trinajstić information content (AvgIpc) is 3.08. The van der Waals surface area contributed by atoms with Crippen molar-refractivity contribution in [3.05, 3.63) is 70.3 Å².